The molecule has 0 radical (unpaired) electrons. The molecule has 0 spiro atoms. The molecule has 0 aromatic carbocycles. The number of nitrogens with one attached hydrogen (secondary N) is 2. The smallest absolute Gasteiger partial charge is 0.226 e. The maximum absolute atomic E-state index is 12.7. The lowest BCUT2D eigenvalue weighted by molar-refractivity contribution is -0.133. The number of carbonyl (C=O) groups excluding carboxylic acids is 1. The van der Waals surface area contributed by atoms with Gasteiger partial charge in [0.05, 0.1) is 11.5 Å². The summed E-state index contributed by atoms with van der Waals surface area (Å²) in [6, 6.07) is 2.01. The third-order valence-corrected chi connectivity index (χ3v) is 4.61. The fourth-order valence-electron chi connectivity index (χ4n) is 3.15. The molecule has 1 aromatic rings. The van der Waals surface area contributed by atoms with Crippen molar-refractivity contribution in [2.24, 2.45) is 5.41 Å². The monoisotopic (exact) mass is 278 g/mol. The van der Waals surface area contributed by atoms with E-state index in [0.717, 1.165) is 49.4 Å². The van der Waals surface area contributed by atoms with Crippen molar-refractivity contribution >= 4 is 5.91 Å². The zero-order valence-corrected chi connectivity index (χ0v) is 13.0. The summed E-state index contributed by atoms with van der Waals surface area (Å²) in [5, 5.41) is 6.52. The summed E-state index contributed by atoms with van der Waals surface area (Å²) in [4.78, 5) is 12.7. The Morgan fingerprint density at radius 1 is 1.45 bits per heavy atom. The quantitative estimate of drug-likeness (QED) is 0.890. The summed E-state index contributed by atoms with van der Waals surface area (Å²) in [5.74, 6) is 1.98. The molecule has 1 saturated heterocycles. The predicted octanol–water partition coefficient (Wildman–Crippen LogP) is 2.85. The third-order valence-electron chi connectivity index (χ3n) is 4.61. The molecule has 1 amide bonds. The Morgan fingerprint density at radius 3 is 2.60 bits per heavy atom. The number of rotatable bonds is 4. The summed E-state index contributed by atoms with van der Waals surface area (Å²) in [6.07, 6.45) is 2.74. The normalized spacial score (nSPS) is 19.6. The van der Waals surface area contributed by atoms with Crippen LogP contribution in [-0.2, 0) is 4.79 Å². The molecule has 2 rings (SSSR count). The minimum absolute atomic E-state index is 0.00161. The van der Waals surface area contributed by atoms with E-state index in [1.165, 1.54) is 0 Å². The molecule has 4 heteroatoms. The lowest BCUT2D eigenvalue weighted by Crippen LogP contribution is -2.47. The topological polar surface area (TPSA) is 54.3 Å². The molecule has 112 valence electrons. The van der Waals surface area contributed by atoms with Crippen LogP contribution in [0.15, 0.2) is 10.5 Å². The molecular weight excluding hydrogens is 252 g/mol. The van der Waals surface area contributed by atoms with Gasteiger partial charge in [0.1, 0.15) is 11.5 Å². The number of aryl methyl sites for hydroxylation is 2. The maximum atomic E-state index is 12.7. The first-order chi connectivity index (χ1) is 9.48. The predicted molar refractivity (Wildman–Crippen MR) is 79.6 cm³/mol. The number of piperidine rings is 1. The standard InChI is InChI=1S/C16H26N2O2/c1-5-16(6-8-17-9-7-16)15(19)18-12(3)14-10-11(2)20-13(14)4/h10,12,17H,5-9H2,1-4H3,(H,18,19). The summed E-state index contributed by atoms with van der Waals surface area (Å²) < 4.78 is 5.55. The first-order valence-electron chi connectivity index (χ1n) is 7.57. The van der Waals surface area contributed by atoms with Gasteiger partial charge in [-0.3, -0.25) is 4.79 Å². The van der Waals surface area contributed by atoms with Gasteiger partial charge in [-0.1, -0.05) is 6.92 Å². The second kappa shape index (κ2) is 6.00. The number of carbonyl (C=O) groups is 1. The van der Waals surface area contributed by atoms with Gasteiger partial charge >= 0.3 is 0 Å². The van der Waals surface area contributed by atoms with E-state index in [0.29, 0.717) is 0 Å². The molecule has 0 aliphatic carbocycles. The minimum Gasteiger partial charge on any atom is -0.466 e. The minimum atomic E-state index is -0.202. The van der Waals surface area contributed by atoms with Gasteiger partial charge in [0.15, 0.2) is 0 Å². The Kier molecular flexibility index (Phi) is 4.53. The molecule has 2 N–H and O–H groups in total. The van der Waals surface area contributed by atoms with E-state index in [2.05, 4.69) is 17.6 Å². The summed E-state index contributed by atoms with van der Waals surface area (Å²) in [5.41, 5.74) is 0.877. The average molecular weight is 278 g/mol. The second-order valence-electron chi connectivity index (χ2n) is 5.95. The van der Waals surface area contributed by atoms with Crippen molar-refractivity contribution in [1.29, 1.82) is 0 Å². The fourth-order valence-corrected chi connectivity index (χ4v) is 3.15. The van der Waals surface area contributed by atoms with Crippen molar-refractivity contribution in [2.45, 2.75) is 53.0 Å². The van der Waals surface area contributed by atoms with Crippen LogP contribution < -0.4 is 10.6 Å². The zero-order chi connectivity index (χ0) is 14.8. The lowest BCUT2D eigenvalue weighted by atomic mass is 9.75. The molecule has 4 nitrogen and oxygen atoms in total. The maximum Gasteiger partial charge on any atom is 0.226 e. The molecule has 1 aliphatic heterocycles. The summed E-state index contributed by atoms with van der Waals surface area (Å²) in [7, 11) is 0. The van der Waals surface area contributed by atoms with Crippen molar-refractivity contribution < 1.29 is 9.21 Å². The van der Waals surface area contributed by atoms with Crippen molar-refractivity contribution in [2.75, 3.05) is 13.1 Å². The lowest BCUT2D eigenvalue weighted by Gasteiger charge is -2.36. The van der Waals surface area contributed by atoms with Gasteiger partial charge in [0.2, 0.25) is 5.91 Å². The molecular formula is C16H26N2O2. The first-order valence-corrected chi connectivity index (χ1v) is 7.57. The van der Waals surface area contributed by atoms with Gasteiger partial charge in [-0.15, -0.1) is 0 Å². The van der Waals surface area contributed by atoms with E-state index in [1.807, 2.05) is 26.8 Å². The number of hydrogen-bond acceptors (Lipinski definition) is 3. The Labute approximate surface area is 121 Å². The van der Waals surface area contributed by atoms with Crippen LogP contribution in [0.1, 0.15) is 56.2 Å². The first kappa shape index (κ1) is 15.1. The number of furan rings is 1. The Hall–Kier alpha value is -1.29. The Morgan fingerprint density at radius 2 is 2.10 bits per heavy atom. The second-order valence-corrected chi connectivity index (χ2v) is 5.95. The SMILES string of the molecule is CCC1(C(=O)NC(C)c2cc(C)oc2C)CCNCC1. The van der Waals surface area contributed by atoms with Crippen molar-refractivity contribution in [3.05, 3.63) is 23.2 Å². The molecule has 1 fully saturated rings. The highest BCUT2D eigenvalue weighted by atomic mass is 16.3. The van der Waals surface area contributed by atoms with Gasteiger partial charge in [0.25, 0.3) is 0 Å². The van der Waals surface area contributed by atoms with Crippen molar-refractivity contribution in [3.8, 4) is 0 Å². The van der Waals surface area contributed by atoms with Gasteiger partial charge < -0.3 is 15.1 Å². The highest BCUT2D eigenvalue weighted by Gasteiger charge is 2.38. The van der Waals surface area contributed by atoms with E-state index >= 15 is 0 Å². The molecule has 0 bridgehead atoms. The molecule has 0 saturated carbocycles. The van der Waals surface area contributed by atoms with Crippen LogP contribution in [0.25, 0.3) is 0 Å². The van der Waals surface area contributed by atoms with Crippen LogP contribution >= 0.6 is 0 Å². The average Bonchev–Trinajstić information content (AvgIpc) is 2.78. The highest BCUT2D eigenvalue weighted by molar-refractivity contribution is 5.83. The van der Waals surface area contributed by atoms with Gasteiger partial charge in [-0.2, -0.15) is 0 Å². The van der Waals surface area contributed by atoms with Crippen LogP contribution in [-0.4, -0.2) is 19.0 Å². The third kappa shape index (κ3) is 2.90. The van der Waals surface area contributed by atoms with E-state index in [1.54, 1.807) is 0 Å². The van der Waals surface area contributed by atoms with Crippen LogP contribution in [0.3, 0.4) is 0 Å². The van der Waals surface area contributed by atoms with E-state index in [4.69, 9.17) is 4.42 Å². The Balaban J connectivity index is 2.08. The number of amides is 1. The Bertz CT molecular complexity index is 473. The summed E-state index contributed by atoms with van der Waals surface area (Å²) >= 11 is 0. The van der Waals surface area contributed by atoms with E-state index in [9.17, 15) is 4.79 Å². The van der Waals surface area contributed by atoms with E-state index < -0.39 is 0 Å². The van der Waals surface area contributed by atoms with Gasteiger partial charge in [-0.25, -0.2) is 0 Å². The van der Waals surface area contributed by atoms with Crippen LogP contribution in [0.4, 0.5) is 0 Å². The zero-order valence-electron chi connectivity index (χ0n) is 13.0. The largest absolute Gasteiger partial charge is 0.466 e. The molecule has 1 aliphatic rings. The van der Waals surface area contributed by atoms with Crippen molar-refractivity contribution in [3.63, 3.8) is 0 Å². The van der Waals surface area contributed by atoms with Crippen LogP contribution in [0.5, 0.6) is 0 Å². The summed E-state index contributed by atoms with van der Waals surface area (Å²) in [6.45, 7) is 9.89. The fraction of sp³-hybridized carbons (Fsp3) is 0.688. The van der Waals surface area contributed by atoms with Crippen LogP contribution in [0.2, 0.25) is 0 Å². The van der Waals surface area contributed by atoms with Gasteiger partial charge in [-0.05, 0) is 59.2 Å². The van der Waals surface area contributed by atoms with Crippen LogP contribution in [0, 0.1) is 19.3 Å². The van der Waals surface area contributed by atoms with Gasteiger partial charge in [0, 0.05) is 5.56 Å². The van der Waals surface area contributed by atoms with Crippen molar-refractivity contribution in [1.82, 2.24) is 10.6 Å². The number of hydrogen-bond donors (Lipinski definition) is 2. The molecule has 1 atom stereocenters. The molecule has 1 unspecified atom stereocenters. The molecule has 2 heterocycles. The highest BCUT2D eigenvalue weighted by Crippen LogP contribution is 2.34. The molecule has 1 aromatic heterocycles. The molecule has 20 heavy (non-hydrogen) atoms. The van der Waals surface area contributed by atoms with E-state index in [-0.39, 0.29) is 17.4 Å².